The summed E-state index contributed by atoms with van der Waals surface area (Å²) in [6.07, 6.45) is 1.68. The number of hydrogen-bond acceptors (Lipinski definition) is 2. The maximum atomic E-state index is 5.37. The van der Waals surface area contributed by atoms with Gasteiger partial charge in [0.05, 0.1) is 0 Å². The number of azo groups is 1. The van der Waals surface area contributed by atoms with Gasteiger partial charge in [0.2, 0.25) is 0 Å². The molecule has 0 spiro atoms. The van der Waals surface area contributed by atoms with E-state index in [1.807, 2.05) is 0 Å². The van der Waals surface area contributed by atoms with Crippen LogP contribution in [0, 0.1) is 0 Å². The first-order valence-corrected chi connectivity index (χ1v) is 2.30. The number of hydrogen-bond donors (Lipinski definition) is 0. The van der Waals surface area contributed by atoms with Gasteiger partial charge in [-0.1, -0.05) is 11.6 Å². The monoisotopic (exact) mass is 118 g/mol. The lowest BCUT2D eigenvalue weighted by Gasteiger charge is -1.76. The van der Waals surface area contributed by atoms with Crippen molar-refractivity contribution in [3.8, 4) is 0 Å². The molecule has 0 rings (SSSR count). The maximum Gasteiger partial charge on any atom is 0.146 e. The quantitative estimate of drug-likeness (QED) is 0.372. The average molecular weight is 119 g/mol. The molecule has 0 aromatic rings. The van der Waals surface area contributed by atoms with Gasteiger partial charge >= 0.3 is 0 Å². The van der Waals surface area contributed by atoms with Crippen molar-refractivity contribution in [3.63, 3.8) is 0 Å². The van der Waals surface area contributed by atoms with Crippen molar-refractivity contribution in [2.24, 2.45) is 10.2 Å². The normalized spacial score (nSPS) is 13.3. The van der Waals surface area contributed by atoms with Gasteiger partial charge in [0.1, 0.15) is 5.16 Å². The first-order chi connectivity index (χ1) is 3.31. The zero-order valence-electron chi connectivity index (χ0n) is 4.35. The molecule has 0 fully saturated rings. The summed E-state index contributed by atoms with van der Waals surface area (Å²) in [5.74, 6) is 0. The van der Waals surface area contributed by atoms with Gasteiger partial charge in [-0.3, -0.25) is 0 Å². The molecule has 0 aliphatic rings. The Labute approximate surface area is 47.9 Å². The van der Waals surface area contributed by atoms with E-state index in [0.29, 0.717) is 5.16 Å². The third-order valence-electron chi connectivity index (χ3n) is 0.434. The molecule has 3 heteroatoms. The van der Waals surface area contributed by atoms with Crippen LogP contribution in [0.5, 0.6) is 0 Å². The average Bonchev–Trinajstić information content (AvgIpc) is 1.68. The van der Waals surface area contributed by atoms with E-state index in [-0.39, 0.29) is 0 Å². The fraction of sp³-hybridized carbons (Fsp3) is 0.500. The van der Waals surface area contributed by atoms with E-state index in [9.17, 15) is 0 Å². The Bertz CT molecular complexity index is 95.9. The van der Waals surface area contributed by atoms with Crippen LogP contribution in [0.15, 0.2) is 21.5 Å². The van der Waals surface area contributed by atoms with E-state index in [2.05, 4.69) is 10.2 Å². The van der Waals surface area contributed by atoms with Gasteiger partial charge in [0.25, 0.3) is 0 Å². The summed E-state index contributed by atoms with van der Waals surface area (Å²) in [6.45, 7) is 1.80. The number of nitrogens with zero attached hydrogens (tertiary/aromatic N) is 2. The molecule has 7 heavy (non-hydrogen) atoms. The molecule has 40 valence electrons. The molecule has 0 saturated heterocycles. The van der Waals surface area contributed by atoms with Crippen molar-refractivity contribution in [3.05, 3.63) is 11.2 Å². The van der Waals surface area contributed by atoms with Crippen molar-refractivity contribution < 1.29 is 0 Å². The molecule has 0 atom stereocenters. The molecule has 0 aliphatic heterocycles. The second kappa shape index (κ2) is 3.81. The number of rotatable bonds is 1. The lowest BCUT2D eigenvalue weighted by molar-refractivity contribution is 1.14. The smallest absolute Gasteiger partial charge is 0.146 e. The van der Waals surface area contributed by atoms with Gasteiger partial charge in [-0.2, -0.15) is 5.11 Å². The lowest BCUT2D eigenvalue weighted by atomic mass is 10.7. The molecule has 0 saturated carbocycles. The van der Waals surface area contributed by atoms with Crippen molar-refractivity contribution >= 4 is 11.6 Å². The van der Waals surface area contributed by atoms with E-state index >= 15 is 0 Å². The van der Waals surface area contributed by atoms with Crippen LogP contribution in [-0.2, 0) is 0 Å². The second-order valence-corrected chi connectivity index (χ2v) is 1.30. The minimum absolute atomic E-state index is 0.433. The van der Waals surface area contributed by atoms with Crippen molar-refractivity contribution in [2.75, 3.05) is 7.05 Å². The number of halogens is 1. The first-order valence-electron chi connectivity index (χ1n) is 1.93. The summed E-state index contributed by atoms with van der Waals surface area (Å²) in [7, 11) is 1.58. The summed E-state index contributed by atoms with van der Waals surface area (Å²) in [5, 5.41) is 7.36. The fourth-order valence-electron chi connectivity index (χ4n) is 0.153. The highest BCUT2D eigenvalue weighted by Gasteiger charge is 1.76. The zero-order valence-corrected chi connectivity index (χ0v) is 5.11. The summed E-state index contributed by atoms with van der Waals surface area (Å²) >= 11 is 5.37. The van der Waals surface area contributed by atoms with E-state index < -0.39 is 0 Å². The van der Waals surface area contributed by atoms with Crippen molar-refractivity contribution in [2.45, 2.75) is 6.92 Å². The summed E-state index contributed by atoms with van der Waals surface area (Å²) in [4.78, 5) is 0. The van der Waals surface area contributed by atoms with Crippen LogP contribution >= 0.6 is 11.6 Å². The summed E-state index contributed by atoms with van der Waals surface area (Å²) in [5.41, 5.74) is 0. The summed E-state index contributed by atoms with van der Waals surface area (Å²) in [6, 6.07) is 0. The Morgan fingerprint density at radius 2 is 2.29 bits per heavy atom. The molecule has 0 heterocycles. The zero-order chi connectivity index (χ0) is 5.70. The van der Waals surface area contributed by atoms with Gasteiger partial charge < -0.3 is 0 Å². The van der Waals surface area contributed by atoms with E-state index in [0.717, 1.165) is 0 Å². The van der Waals surface area contributed by atoms with Gasteiger partial charge in [-0.25, -0.2) is 0 Å². The van der Waals surface area contributed by atoms with Gasteiger partial charge in [0, 0.05) is 7.05 Å². The van der Waals surface area contributed by atoms with Crippen molar-refractivity contribution in [1.29, 1.82) is 0 Å². The third-order valence-corrected chi connectivity index (χ3v) is 0.728. The minimum Gasteiger partial charge on any atom is -0.191 e. The Morgan fingerprint density at radius 1 is 1.71 bits per heavy atom. The Kier molecular flexibility index (Phi) is 3.61. The molecule has 0 N–H and O–H groups in total. The van der Waals surface area contributed by atoms with Crippen LogP contribution in [0.1, 0.15) is 6.92 Å². The maximum absolute atomic E-state index is 5.37. The van der Waals surface area contributed by atoms with E-state index in [1.165, 1.54) is 0 Å². The summed E-state index contributed by atoms with van der Waals surface area (Å²) < 4.78 is 0. The Balaban J connectivity index is 3.58. The molecule has 2 nitrogen and oxygen atoms in total. The predicted molar refractivity (Wildman–Crippen MR) is 30.4 cm³/mol. The standard InChI is InChI=1S/C4H7ClN2/c1-3-4(5)7-6-2/h3H,1-2H3/b4-3-,7-6?. The molecular weight excluding hydrogens is 112 g/mol. The van der Waals surface area contributed by atoms with E-state index in [4.69, 9.17) is 11.6 Å². The number of allylic oxidation sites excluding steroid dienone is 1. The largest absolute Gasteiger partial charge is 0.191 e. The molecule has 0 aromatic carbocycles. The Morgan fingerprint density at radius 3 is 2.43 bits per heavy atom. The fourth-order valence-corrected chi connectivity index (χ4v) is 0.229. The SMILES string of the molecule is C/C=C(/Cl)N=NC. The van der Waals surface area contributed by atoms with Crippen LogP contribution in [0.25, 0.3) is 0 Å². The van der Waals surface area contributed by atoms with Gasteiger partial charge in [-0.05, 0) is 13.0 Å². The van der Waals surface area contributed by atoms with Crippen LogP contribution in [0.3, 0.4) is 0 Å². The molecular formula is C4H7ClN2. The second-order valence-electron chi connectivity index (χ2n) is 0.911. The van der Waals surface area contributed by atoms with Gasteiger partial charge in [-0.15, -0.1) is 5.11 Å². The molecule has 0 aromatic heterocycles. The highest BCUT2D eigenvalue weighted by Crippen LogP contribution is 2.00. The highest BCUT2D eigenvalue weighted by molar-refractivity contribution is 6.29. The molecule has 0 aliphatic carbocycles. The van der Waals surface area contributed by atoms with Crippen LogP contribution in [0.4, 0.5) is 0 Å². The topological polar surface area (TPSA) is 24.7 Å². The molecule has 0 bridgehead atoms. The Hall–Kier alpha value is -0.370. The third kappa shape index (κ3) is 3.46. The van der Waals surface area contributed by atoms with Crippen LogP contribution < -0.4 is 0 Å². The van der Waals surface area contributed by atoms with Crippen LogP contribution in [-0.4, -0.2) is 7.05 Å². The first kappa shape index (κ1) is 6.63. The molecule has 0 radical (unpaired) electrons. The highest BCUT2D eigenvalue weighted by atomic mass is 35.5. The predicted octanol–water partition coefficient (Wildman–Crippen LogP) is 2.17. The van der Waals surface area contributed by atoms with Crippen molar-refractivity contribution in [1.82, 2.24) is 0 Å². The molecule has 0 amide bonds. The molecule has 0 unspecified atom stereocenters. The lowest BCUT2D eigenvalue weighted by Crippen LogP contribution is -1.55. The van der Waals surface area contributed by atoms with Gasteiger partial charge in [0.15, 0.2) is 0 Å². The minimum atomic E-state index is 0.433. The van der Waals surface area contributed by atoms with E-state index in [1.54, 1.807) is 20.0 Å². The van der Waals surface area contributed by atoms with Crippen LogP contribution in [0.2, 0.25) is 0 Å².